The molecule has 2 rings (SSSR count). The number of nitrogens with zero attached hydrogens (tertiary/aromatic N) is 1. The lowest BCUT2D eigenvalue weighted by atomic mass is 10.2. The van der Waals surface area contributed by atoms with E-state index in [2.05, 4.69) is 4.98 Å². The average Bonchev–Trinajstić information content (AvgIpc) is 2.80. The van der Waals surface area contributed by atoms with Crippen molar-refractivity contribution >= 4 is 17.5 Å². The number of hydrogen-bond acceptors (Lipinski definition) is 3. The van der Waals surface area contributed by atoms with E-state index in [9.17, 15) is 4.79 Å². The minimum absolute atomic E-state index is 0.208. The van der Waals surface area contributed by atoms with Gasteiger partial charge in [0.2, 0.25) is 0 Å². The Morgan fingerprint density at radius 3 is 2.93 bits per heavy atom. The van der Waals surface area contributed by atoms with E-state index in [0.717, 1.165) is 5.56 Å². The van der Waals surface area contributed by atoms with Gasteiger partial charge in [-0.2, -0.15) is 11.8 Å². The molecule has 0 aliphatic heterocycles. The second-order valence-electron chi connectivity index (χ2n) is 3.88. The first-order chi connectivity index (χ1) is 7.36. The summed E-state index contributed by atoms with van der Waals surface area (Å²) in [7, 11) is 0. The summed E-state index contributed by atoms with van der Waals surface area (Å²) in [6.07, 6.45) is 8.58. The zero-order valence-electron chi connectivity index (χ0n) is 8.69. The SMILES string of the molecule is O=C(CSC1CCCC1)c1cccnc1. The van der Waals surface area contributed by atoms with Gasteiger partial charge in [-0.15, -0.1) is 0 Å². The van der Waals surface area contributed by atoms with Crippen LogP contribution in [0.15, 0.2) is 24.5 Å². The Bertz CT molecular complexity index is 320. The summed E-state index contributed by atoms with van der Waals surface area (Å²) in [6.45, 7) is 0. The Hall–Kier alpha value is -0.830. The molecular formula is C12H15NOS. The molecule has 0 aromatic carbocycles. The van der Waals surface area contributed by atoms with Crippen molar-refractivity contribution in [2.45, 2.75) is 30.9 Å². The Morgan fingerprint density at radius 1 is 1.47 bits per heavy atom. The summed E-state index contributed by atoms with van der Waals surface area (Å²) in [6, 6.07) is 3.65. The maximum Gasteiger partial charge on any atom is 0.174 e. The van der Waals surface area contributed by atoms with Gasteiger partial charge in [0, 0.05) is 23.2 Å². The fourth-order valence-electron chi connectivity index (χ4n) is 1.86. The number of thioether (sulfide) groups is 1. The minimum atomic E-state index is 0.208. The Balaban J connectivity index is 1.82. The van der Waals surface area contributed by atoms with Crippen LogP contribution in [-0.4, -0.2) is 21.8 Å². The first kappa shape index (κ1) is 10.7. The van der Waals surface area contributed by atoms with Gasteiger partial charge in [0.25, 0.3) is 0 Å². The van der Waals surface area contributed by atoms with Crippen molar-refractivity contribution in [1.29, 1.82) is 0 Å². The van der Waals surface area contributed by atoms with Gasteiger partial charge in [-0.05, 0) is 25.0 Å². The molecule has 80 valence electrons. The number of aromatic nitrogens is 1. The highest BCUT2D eigenvalue weighted by Crippen LogP contribution is 2.29. The predicted molar refractivity (Wildman–Crippen MR) is 63.3 cm³/mol. The quantitative estimate of drug-likeness (QED) is 0.732. The largest absolute Gasteiger partial charge is 0.293 e. The second kappa shape index (κ2) is 5.31. The second-order valence-corrected chi connectivity index (χ2v) is 5.17. The summed E-state index contributed by atoms with van der Waals surface area (Å²) in [5.41, 5.74) is 0.739. The molecule has 1 aromatic rings. The molecule has 0 spiro atoms. The highest BCUT2D eigenvalue weighted by Gasteiger charge is 2.17. The van der Waals surface area contributed by atoms with Crippen molar-refractivity contribution in [3.63, 3.8) is 0 Å². The van der Waals surface area contributed by atoms with Gasteiger partial charge < -0.3 is 0 Å². The third kappa shape index (κ3) is 3.06. The molecule has 0 radical (unpaired) electrons. The Labute approximate surface area is 94.5 Å². The van der Waals surface area contributed by atoms with Crippen LogP contribution in [0, 0.1) is 0 Å². The van der Waals surface area contributed by atoms with E-state index in [1.807, 2.05) is 23.9 Å². The normalized spacial score (nSPS) is 16.8. The van der Waals surface area contributed by atoms with E-state index in [1.54, 1.807) is 12.4 Å². The minimum Gasteiger partial charge on any atom is -0.293 e. The fraction of sp³-hybridized carbons (Fsp3) is 0.500. The topological polar surface area (TPSA) is 30.0 Å². The maximum absolute atomic E-state index is 11.7. The predicted octanol–water partition coefficient (Wildman–Crippen LogP) is 2.94. The summed E-state index contributed by atoms with van der Waals surface area (Å²) in [5.74, 6) is 0.816. The fourth-order valence-corrected chi connectivity index (χ4v) is 3.08. The molecule has 15 heavy (non-hydrogen) atoms. The molecule has 0 unspecified atom stereocenters. The van der Waals surface area contributed by atoms with E-state index in [-0.39, 0.29) is 5.78 Å². The number of carbonyl (C=O) groups is 1. The van der Waals surface area contributed by atoms with Crippen molar-refractivity contribution in [3.8, 4) is 0 Å². The van der Waals surface area contributed by atoms with Crippen molar-refractivity contribution in [2.24, 2.45) is 0 Å². The zero-order chi connectivity index (χ0) is 10.5. The number of rotatable bonds is 4. The maximum atomic E-state index is 11.7. The highest BCUT2D eigenvalue weighted by molar-refractivity contribution is 8.00. The summed E-state index contributed by atoms with van der Waals surface area (Å²) in [5, 5.41) is 0.714. The molecule has 1 aliphatic carbocycles. The van der Waals surface area contributed by atoms with E-state index < -0.39 is 0 Å². The molecule has 0 saturated heterocycles. The highest BCUT2D eigenvalue weighted by atomic mass is 32.2. The molecule has 1 fully saturated rings. The van der Waals surface area contributed by atoms with E-state index >= 15 is 0 Å². The summed E-state index contributed by atoms with van der Waals surface area (Å²) >= 11 is 1.81. The van der Waals surface area contributed by atoms with Gasteiger partial charge >= 0.3 is 0 Å². The molecule has 0 atom stereocenters. The van der Waals surface area contributed by atoms with Crippen LogP contribution in [0.25, 0.3) is 0 Å². The van der Waals surface area contributed by atoms with Gasteiger partial charge in [-0.3, -0.25) is 9.78 Å². The van der Waals surface area contributed by atoms with E-state index in [0.29, 0.717) is 11.0 Å². The smallest absolute Gasteiger partial charge is 0.174 e. The molecule has 3 heteroatoms. The van der Waals surface area contributed by atoms with Crippen LogP contribution < -0.4 is 0 Å². The molecule has 0 N–H and O–H groups in total. The van der Waals surface area contributed by atoms with Gasteiger partial charge in [-0.1, -0.05) is 12.8 Å². The Morgan fingerprint density at radius 2 is 2.27 bits per heavy atom. The number of Topliss-reactive ketones (excluding diaryl/α,β-unsaturated/α-hetero) is 1. The third-order valence-corrected chi connectivity index (χ3v) is 4.11. The number of hydrogen-bond donors (Lipinski definition) is 0. The van der Waals surface area contributed by atoms with Crippen LogP contribution in [0.4, 0.5) is 0 Å². The summed E-state index contributed by atoms with van der Waals surface area (Å²) < 4.78 is 0. The molecule has 1 aliphatic rings. The van der Waals surface area contributed by atoms with Crippen LogP contribution in [0.3, 0.4) is 0 Å². The van der Waals surface area contributed by atoms with Crippen molar-refractivity contribution in [1.82, 2.24) is 4.98 Å². The number of carbonyl (C=O) groups excluding carboxylic acids is 1. The first-order valence-corrected chi connectivity index (χ1v) is 6.46. The lowest BCUT2D eigenvalue weighted by Gasteiger charge is -2.07. The van der Waals surface area contributed by atoms with Crippen LogP contribution in [0.2, 0.25) is 0 Å². The molecule has 2 nitrogen and oxygen atoms in total. The Kier molecular flexibility index (Phi) is 3.78. The number of pyridine rings is 1. The molecular weight excluding hydrogens is 206 g/mol. The van der Waals surface area contributed by atoms with Crippen LogP contribution >= 0.6 is 11.8 Å². The monoisotopic (exact) mass is 221 g/mol. The van der Waals surface area contributed by atoms with E-state index in [4.69, 9.17) is 0 Å². The molecule has 1 heterocycles. The van der Waals surface area contributed by atoms with Crippen LogP contribution in [-0.2, 0) is 0 Å². The molecule has 0 amide bonds. The number of ketones is 1. The van der Waals surface area contributed by atoms with Gasteiger partial charge in [0.1, 0.15) is 0 Å². The zero-order valence-corrected chi connectivity index (χ0v) is 9.50. The van der Waals surface area contributed by atoms with E-state index in [1.165, 1.54) is 25.7 Å². The van der Waals surface area contributed by atoms with Crippen molar-refractivity contribution in [3.05, 3.63) is 30.1 Å². The standard InChI is InChI=1S/C12H15NOS/c14-12(10-4-3-7-13-8-10)9-15-11-5-1-2-6-11/h3-4,7-8,11H,1-2,5-6,9H2. The van der Waals surface area contributed by atoms with Gasteiger partial charge in [0.05, 0.1) is 5.75 Å². The molecule has 1 aromatic heterocycles. The lowest BCUT2D eigenvalue weighted by Crippen LogP contribution is -2.06. The van der Waals surface area contributed by atoms with Crippen molar-refractivity contribution < 1.29 is 4.79 Å². The lowest BCUT2D eigenvalue weighted by molar-refractivity contribution is 0.102. The average molecular weight is 221 g/mol. The molecule has 1 saturated carbocycles. The first-order valence-electron chi connectivity index (χ1n) is 5.41. The van der Waals surface area contributed by atoms with Crippen molar-refractivity contribution in [2.75, 3.05) is 5.75 Å². The van der Waals surface area contributed by atoms with Gasteiger partial charge in [-0.25, -0.2) is 0 Å². The summed E-state index contributed by atoms with van der Waals surface area (Å²) in [4.78, 5) is 15.7. The third-order valence-electron chi connectivity index (χ3n) is 2.74. The van der Waals surface area contributed by atoms with Crippen LogP contribution in [0.5, 0.6) is 0 Å². The molecule has 0 bridgehead atoms. The van der Waals surface area contributed by atoms with Crippen LogP contribution in [0.1, 0.15) is 36.0 Å². The van der Waals surface area contributed by atoms with Gasteiger partial charge in [0.15, 0.2) is 5.78 Å².